The average Bonchev–Trinajstić information content (AvgIpc) is 2.89. The maximum absolute atomic E-state index is 5.75. The summed E-state index contributed by atoms with van der Waals surface area (Å²) in [4.78, 5) is 0. The van der Waals surface area contributed by atoms with Crippen LogP contribution in [-0.2, 0) is 13.6 Å². The maximum atomic E-state index is 5.75. The Bertz CT molecular complexity index is 153. The lowest BCUT2D eigenvalue weighted by Crippen LogP contribution is -2.38. The molecular formula is C10H22O3Si. The Kier molecular flexibility index (Phi) is 5.09. The van der Waals surface area contributed by atoms with Gasteiger partial charge in [0.2, 0.25) is 0 Å². The molecule has 1 aliphatic rings. The lowest BCUT2D eigenvalue weighted by atomic mass is 10.3. The van der Waals surface area contributed by atoms with Crippen molar-refractivity contribution in [3.8, 4) is 0 Å². The van der Waals surface area contributed by atoms with E-state index in [1.54, 1.807) is 0 Å². The number of hydrogen-bond donors (Lipinski definition) is 0. The van der Waals surface area contributed by atoms with E-state index >= 15 is 0 Å². The first-order valence-electron chi connectivity index (χ1n) is 5.59. The quantitative estimate of drug-likeness (QED) is 0.463. The molecule has 0 aromatic rings. The summed E-state index contributed by atoms with van der Waals surface area (Å²) in [5.41, 5.74) is 0. The zero-order valence-electron chi connectivity index (χ0n) is 9.54. The summed E-state index contributed by atoms with van der Waals surface area (Å²) < 4.78 is 16.7. The molecule has 1 aliphatic heterocycles. The first-order valence-corrected chi connectivity index (χ1v) is 8.12. The molecule has 4 heteroatoms. The lowest BCUT2D eigenvalue weighted by Gasteiger charge is -2.25. The molecule has 1 atom stereocenters. The van der Waals surface area contributed by atoms with E-state index in [4.69, 9.17) is 13.6 Å². The summed E-state index contributed by atoms with van der Waals surface area (Å²) in [7, 11) is -1.84. The second-order valence-electron chi connectivity index (χ2n) is 3.85. The minimum absolute atomic E-state index is 0.538. The highest BCUT2D eigenvalue weighted by atomic mass is 28.4. The molecule has 0 amide bonds. The van der Waals surface area contributed by atoms with Crippen LogP contribution in [0.3, 0.4) is 0 Å². The molecule has 0 bridgehead atoms. The molecule has 1 fully saturated rings. The molecule has 84 valence electrons. The second-order valence-corrected chi connectivity index (χ2v) is 7.19. The fourth-order valence-electron chi connectivity index (χ4n) is 1.68. The molecule has 3 nitrogen and oxygen atoms in total. The van der Waals surface area contributed by atoms with Crippen LogP contribution in [0.5, 0.6) is 0 Å². The van der Waals surface area contributed by atoms with Gasteiger partial charge in [-0.1, -0.05) is 0 Å². The summed E-state index contributed by atoms with van der Waals surface area (Å²) in [6.07, 6.45) is 2.88. The molecule has 1 saturated heterocycles. The van der Waals surface area contributed by atoms with Crippen molar-refractivity contribution in [1.29, 1.82) is 0 Å². The molecule has 1 unspecified atom stereocenters. The smallest absolute Gasteiger partial charge is 0.334 e. The van der Waals surface area contributed by atoms with Crippen molar-refractivity contribution in [1.82, 2.24) is 0 Å². The van der Waals surface area contributed by atoms with Gasteiger partial charge >= 0.3 is 8.56 Å². The molecule has 1 rings (SSSR count). The molecule has 1 heterocycles. The molecule has 0 saturated carbocycles. The van der Waals surface area contributed by atoms with E-state index in [1.165, 1.54) is 12.8 Å². The van der Waals surface area contributed by atoms with Crippen LogP contribution in [0.4, 0.5) is 0 Å². The van der Waals surface area contributed by atoms with Crippen LogP contribution >= 0.6 is 0 Å². The highest BCUT2D eigenvalue weighted by Gasteiger charge is 2.31. The third-order valence-corrected chi connectivity index (χ3v) is 5.52. The standard InChI is InChI=1S/C10H22O3Si/c1-4-12-14(3,13-5-2)8-6-7-10-9-11-10/h10H,4-9H2,1-3H3. The molecule has 0 aromatic carbocycles. The van der Waals surface area contributed by atoms with Gasteiger partial charge in [-0.15, -0.1) is 0 Å². The Hall–Kier alpha value is 0.0969. The highest BCUT2D eigenvalue weighted by Crippen LogP contribution is 2.22. The van der Waals surface area contributed by atoms with Crippen molar-refractivity contribution in [2.24, 2.45) is 0 Å². The number of hydrogen-bond acceptors (Lipinski definition) is 3. The zero-order chi connectivity index (χ0) is 10.4. The topological polar surface area (TPSA) is 31.0 Å². The van der Waals surface area contributed by atoms with E-state index in [-0.39, 0.29) is 0 Å². The first-order chi connectivity index (χ1) is 6.70. The van der Waals surface area contributed by atoms with E-state index in [9.17, 15) is 0 Å². The largest absolute Gasteiger partial charge is 0.395 e. The first kappa shape index (κ1) is 12.2. The number of rotatable bonds is 8. The fourth-order valence-corrected chi connectivity index (χ4v) is 4.12. The van der Waals surface area contributed by atoms with Crippen LogP contribution in [0, 0.1) is 0 Å². The lowest BCUT2D eigenvalue weighted by molar-refractivity contribution is 0.188. The Labute approximate surface area is 88.0 Å². The summed E-state index contributed by atoms with van der Waals surface area (Å²) in [5, 5.41) is 0. The Balaban J connectivity index is 2.17. The Morgan fingerprint density at radius 2 is 1.86 bits per heavy atom. The van der Waals surface area contributed by atoms with Crippen molar-refractivity contribution >= 4 is 8.56 Å². The maximum Gasteiger partial charge on any atom is 0.334 e. The van der Waals surface area contributed by atoms with Gasteiger partial charge in [0.05, 0.1) is 12.7 Å². The number of epoxide rings is 1. The Morgan fingerprint density at radius 1 is 1.29 bits per heavy atom. The van der Waals surface area contributed by atoms with Crippen LogP contribution in [0.15, 0.2) is 0 Å². The van der Waals surface area contributed by atoms with Gasteiger partial charge in [0.15, 0.2) is 0 Å². The summed E-state index contributed by atoms with van der Waals surface area (Å²) in [6.45, 7) is 8.73. The zero-order valence-corrected chi connectivity index (χ0v) is 10.5. The van der Waals surface area contributed by atoms with Gasteiger partial charge < -0.3 is 13.6 Å². The minimum atomic E-state index is -1.84. The van der Waals surface area contributed by atoms with E-state index < -0.39 is 8.56 Å². The van der Waals surface area contributed by atoms with Crippen molar-refractivity contribution < 1.29 is 13.6 Å². The van der Waals surface area contributed by atoms with E-state index in [2.05, 4.69) is 6.55 Å². The van der Waals surface area contributed by atoms with Crippen molar-refractivity contribution in [2.75, 3.05) is 19.8 Å². The molecule has 0 N–H and O–H groups in total. The number of ether oxygens (including phenoxy) is 1. The second kappa shape index (κ2) is 5.85. The molecule has 0 aliphatic carbocycles. The monoisotopic (exact) mass is 218 g/mol. The van der Waals surface area contributed by atoms with Gasteiger partial charge in [-0.25, -0.2) is 0 Å². The van der Waals surface area contributed by atoms with Gasteiger partial charge in [0, 0.05) is 13.2 Å². The van der Waals surface area contributed by atoms with Crippen LogP contribution in [0.25, 0.3) is 0 Å². The van der Waals surface area contributed by atoms with E-state index in [0.29, 0.717) is 6.10 Å². The predicted octanol–water partition coefficient (Wildman–Crippen LogP) is 2.31. The van der Waals surface area contributed by atoms with E-state index in [0.717, 1.165) is 25.9 Å². The summed E-state index contributed by atoms with van der Waals surface area (Å²) in [5.74, 6) is 0. The minimum Gasteiger partial charge on any atom is -0.395 e. The Morgan fingerprint density at radius 3 is 2.29 bits per heavy atom. The van der Waals surface area contributed by atoms with Crippen molar-refractivity contribution in [2.45, 2.75) is 45.4 Å². The molecule has 0 aromatic heterocycles. The van der Waals surface area contributed by atoms with Crippen LogP contribution < -0.4 is 0 Å². The molecular weight excluding hydrogens is 196 g/mol. The molecule has 0 spiro atoms. The molecule has 0 radical (unpaired) electrons. The van der Waals surface area contributed by atoms with Gasteiger partial charge in [-0.2, -0.15) is 0 Å². The average molecular weight is 218 g/mol. The van der Waals surface area contributed by atoms with Crippen LogP contribution in [0.1, 0.15) is 26.7 Å². The van der Waals surface area contributed by atoms with Gasteiger partial charge in [0.1, 0.15) is 0 Å². The summed E-state index contributed by atoms with van der Waals surface area (Å²) >= 11 is 0. The molecule has 14 heavy (non-hydrogen) atoms. The van der Waals surface area contributed by atoms with Gasteiger partial charge in [-0.05, 0) is 39.3 Å². The third-order valence-electron chi connectivity index (χ3n) is 2.46. The SMILES string of the molecule is CCO[Si](C)(CCCC1CO1)OCC. The van der Waals surface area contributed by atoms with Gasteiger partial charge in [0.25, 0.3) is 0 Å². The fraction of sp³-hybridized carbons (Fsp3) is 1.00. The van der Waals surface area contributed by atoms with E-state index in [1.807, 2.05) is 13.8 Å². The summed E-state index contributed by atoms with van der Waals surface area (Å²) in [6, 6.07) is 1.09. The normalized spacial score (nSPS) is 21.2. The van der Waals surface area contributed by atoms with Crippen LogP contribution in [0.2, 0.25) is 12.6 Å². The van der Waals surface area contributed by atoms with Crippen molar-refractivity contribution in [3.63, 3.8) is 0 Å². The third kappa shape index (κ3) is 4.55. The highest BCUT2D eigenvalue weighted by molar-refractivity contribution is 6.66. The van der Waals surface area contributed by atoms with Crippen molar-refractivity contribution in [3.05, 3.63) is 0 Å². The van der Waals surface area contributed by atoms with Gasteiger partial charge in [-0.3, -0.25) is 0 Å². The van der Waals surface area contributed by atoms with Crippen LogP contribution in [-0.4, -0.2) is 34.5 Å². The predicted molar refractivity (Wildman–Crippen MR) is 58.7 cm³/mol.